The number of carboxylic acid groups (broad SMARTS) is 1. The van der Waals surface area contributed by atoms with E-state index < -0.39 is 26.5 Å². The molecule has 14 heteroatoms. The van der Waals surface area contributed by atoms with Crippen LogP contribution in [0.2, 0.25) is 0 Å². The van der Waals surface area contributed by atoms with Gasteiger partial charge in [0.15, 0.2) is 0 Å². The standard InChI is InChI=1S/C17H15N5O8S/c18-31(27,28)16-7-13(17(23)24)14(21(19-25)9-11-3-1-5-29-11)8-15(16)22(20-26)10-12-4-2-6-30-12/h1-8H,9-10H2,(H,23,24)(H2,18,27,28). The Kier molecular flexibility index (Phi) is 6.12. The van der Waals surface area contributed by atoms with Gasteiger partial charge in [-0.2, -0.15) is 0 Å². The molecule has 0 bridgehead atoms. The number of carboxylic acids is 1. The minimum atomic E-state index is -4.50. The van der Waals surface area contributed by atoms with Crippen LogP contribution in [0.15, 0.2) is 73.2 Å². The summed E-state index contributed by atoms with van der Waals surface area (Å²) in [5.74, 6) is -1.03. The summed E-state index contributed by atoms with van der Waals surface area (Å²) in [7, 11) is -4.50. The number of benzene rings is 1. The van der Waals surface area contributed by atoms with E-state index >= 15 is 0 Å². The van der Waals surface area contributed by atoms with E-state index in [2.05, 4.69) is 10.6 Å². The van der Waals surface area contributed by atoms with E-state index in [0.717, 1.165) is 17.1 Å². The van der Waals surface area contributed by atoms with Crippen LogP contribution in [0.1, 0.15) is 21.9 Å². The molecule has 31 heavy (non-hydrogen) atoms. The monoisotopic (exact) mass is 449 g/mol. The average molecular weight is 449 g/mol. The summed E-state index contributed by atoms with van der Waals surface area (Å²) in [5, 5.41) is 21.8. The molecule has 0 spiro atoms. The van der Waals surface area contributed by atoms with Crippen LogP contribution in [0.5, 0.6) is 0 Å². The predicted molar refractivity (Wildman–Crippen MR) is 106 cm³/mol. The lowest BCUT2D eigenvalue weighted by Gasteiger charge is -2.22. The van der Waals surface area contributed by atoms with Crippen LogP contribution in [-0.4, -0.2) is 19.5 Å². The number of primary sulfonamides is 1. The fourth-order valence-corrected chi connectivity index (χ4v) is 3.53. The molecule has 0 aliphatic rings. The Bertz CT molecular complexity index is 1190. The number of nitrogens with two attached hydrogens (primary N) is 1. The van der Waals surface area contributed by atoms with Crippen molar-refractivity contribution in [3.63, 3.8) is 0 Å². The predicted octanol–water partition coefficient (Wildman–Crippen LogP) is 2.59. The minimum Gasteiger partial charge on any atom is -0.478 e. The first-order chi connectivity index (χ1) is 14.7. The summed E-state index contributed by atoms with van der Waals surface area (Å²) in [6.45, 7) is -0.560. The van der Waals surface area contributed by atoms with Crippen molar-refractivity contribution in [3.05, 3.63) is 75.8 Å². The summed E-state index contributed by atoms with van der Waals surface area (Å²) in [5.41, 5.74) is -1.28. The van der Waals surface area contributed by atoms with Gasteiger partial charge in [-0.1, -0.05) is 0 Å². The number of nitrogens with zero attached hydrogens (tertiary/aromatic N) is 4. The van der Waals surface area contributed by atoms with Gasteiger partial charge in [-0.3, -0.25) is 0 Å². The summed E-state index contributed by atoms with van der Waals surface area (Å²) in [6, 6.07) is 7.82. The molecule has 3 aromatic rings. The van der Waals surface area contributed by atoms with Crippen molar-refractivity contribution in [2.24, 2.45) is 15.7 Å². The Hall–Kier alpha value is -4.04. The van der Waals surface area contributed by atoms with Gasteiger partial charge in [0.2, 0.25) is 10.0 Å². The van der Waals surface area contributed by atoms with Gasteiger partial charge in [-0.15, -0.1) is 9.81 Å². The second-order valence-corrected chi connectivity index (χ2v) is 7.65. The zero-order valence-corrected chi connectivity index (χ0v) is 16.4. The number of furan rings is 2. The molecular weight excluding hydrogens is 434 g/mol. The van der Waals surface area contributed by atoms with Crippen LogP contribution >= 0.6 is 0 Å². The summed E-state index contributed by atoms with van der Waals surface area (Å²) in [4.78, 5) is 34.1. The molecule has 1 aromatic carbocycles. The van der Waals surface area contributed by atoms with E-state index in [9.17, 15) is 28.1 Å². The highest BCUT2D eigenvalue weighted by atomic mass is 32.2. The highest BCUT2D eigenvalue weighted by Crippen LogP contribution is 2.35. The number of rotatable bonds is 10. The second-order valence-electron chi connectivity index (χ2n) is 6.12. The maximum atomic E-state index is 12.1. The van der Waals surface area contributed by atoms with Gasteiger partial charge in [-0.05, 0) is 36.4 Å². The van der Waals surface area contributed by atoms with Crippen molar-refractivity contribution in [3.8, 4) is 0 Å². The van der Waals surface area contributed by atoms with Crippen LogP contribution in [0.4, 0.5) is 11.4 Å². The van der Waals surface area contributed by atoms with E-state index in [1.165, 1.54) is 24.7 Å². The molecule has 0 fully saturated rings. The number of anilines is 2. The first kappa shape index (κ1) is 21.7. The van der Waals surface area contributed by atoms with E-state index in [1.807, 2.05) is 0 Å². The van der Waals surface area contributed by atoms with Gasteiger partial charge < -0.3 is 13.9 Å². The first-order valence-electron chi connectivity index (χ1n) is 8.45. The van der Waals surface area contributed by atoms with Gasteiger partial charge in [0.05, 0.1) is 40.0 Å². The molecule has 162 valence electrons. The second kappa shape index (κ2) is 8.76. The maximum Gasteiger partial charge on any atom is 0.337 e. The van der Waals surface area contributed by atoms with E-state index in [1.54, 1.807) is 12.1 Å². The number of sulfonamides is 1. The van der Waals surface area contributed by atoms with Crippen LogP contribution in [-0.2, 0) is 23.1 Å². The van der Waals surface area contributed by atoms with Crippen molar-refractivity contribution in [1.82, 2.24) is 0 Å². The molecule has 0 atom stereocenters. The third-order valence-electron chi connectivity index (χ3n) is 4.14. The van der Waals surface area contributed by atoms with Gasteiger partial charge >= 0.3 is 5.97 Å². The SMILES string of the molecule is NS(=O)(=O)c1cc(C(=O)O)c(N(Cc2ccco2)N=O)cc1N(Cc1ccco1)N=O. The number of nitroso groups, excluding NO2 is 2. The third kappa shape index (κ3) is 4.76. The summed E-state index contributed by atoms with van der Waals surface area (Å²) in [6.07, 6.45) is 2.67. The molecule has 0 saturated heterocycles. The summed E-state index contributed by atoms with van der Waals surface area (Å²) < 4.78 is 34.5. The largest absolute Gasteiger partial charge is 0.478 e. The lowest BCUT2D eigenvalue weighted by atomic mass is 10.1. The molecule has 3 rings (SSSR count). The number of aromatic carboxylic acids is 1. The number of hydrogen-bond donors (Lipinski definition) is 2. The number of hydrogen-bond acceptors (Lipinski definition) is 9. The van der Waals surface area contributed by atoms with E-state index in [4.69, 9.17) is 14.0 Å². The van der Waals surface area contributed by atoms with Gasteiger partial charge in [0.25, 0.3) is 0 Å². The minimum absolute atomic E-state index is 0.254. The lowest BCUT2D eigenvalue weighted by molar-refractivity contribution is 0.0697. The molecule has 13 nitrogen and oxygen atoms in total. The molecule has 2 aromatic heterocycles. The van der Waals surface area contributed by atoms with Crippen LogP contribution < -0.4 is 15.2 Å². The third-order valence-corrected chi connectivity index (χ3v) is 5.08. The molecule has 0 aliphatic carbocycles. The smallest absolute Gasteiger partial charge is 0.337 e. The van der Waals surface area contributed by atoms with Crippen molar-refractivity contribution >= 4 is 27.4 Å². The molecule has 0 unspecified atom stereocenters. The van der Waals surface area contributed by atoms with Gasteiger partial charge in [0, 0.05) is 0 Å². The fraction of sp³-hybridized carbons (Fsp3) is 0.118. The average Bonchev–Trinajstić information content (AvgIpc) is 3.42. The zero-order valence-electron chi connectivity index (χ0n) is 15.6. The molecule has 3 N–H and O–H groups in total. The normalized spacial score (nSPS) is 11.1. The Morgan fingerprint density at radius 2 is 1.48 bits per heavy atom. The van der Waals surface area contributed by atoms with E-state index in [0.29, 0.717) is 5.01 Å². The van der Waals surface area contributed by atoms with Crippen molar-refractivity contribution in [1.29, 1.82) is 0 Å². The van der Waals surface area contributed by atoms with Gasteiger partial charge in [-0.25, -0.2) is 28.4 Å². The molecule has 0 saturated carbocycles. The lowest BCUT2D eigenvalue weighted by Crippen LogP contribution is -2.24. The Morgan fingerprint density at radius 3 is 1.87 bits per heavy atom. The fourth-order valence-electron chi connectivity index (χ4n) is 2.79. The topological polar surface area (TPSA) is 189 Å². The maximum absolute atomic E-state index is 12.1. The molecular formula is C17H15N5O8S. The van der Waals surface area contributed by atoms with Crippen molar-refractivity contribution in [2.45, 2.75) is 18.0 Å². The molecule has 0 amide bonds. The van der Waals surface area contributed by atoms with Crippen LogP contribution in [0.3, 0.4) is 0 Å². The molecule has 0 aliphatic heterocycles. The molecule has 0 radical (unpaired) electrons. The highest BCUT2D eigenvalue weighted by molar-refractivity contribution is 7.89. The Morgan fingerprint density at radius 1 is 0.968 bits per heavy atom. The van der Waals surface area contributed by atoms with E-state index in [-0.39, 0.29) is 36.0 Å². The van der Waals surface area contributed by atoms with Crippen LogP contribution in [0, 0.1) is 9.81 Å². The Balaban J connectivity index is 2.19. The highest BCUT2D eigenvalue weighted by Gasteiger charge is 2.28. The van der Waals surface area contributed by atoms with Crippen LogP contribution in [0.25, 0.3) is 0 Å². The van der Waals surface area contributed by atoms with Crippen molar-refractivity contribution < 1.29 is 27.2 Å². The number of carbonyl (C=O) groups is 1. The Labute approximate surface area is 174 Å². The molecule has 2 heterocycles. The first-order valence-corrected chi connectivity index (χ1v) is 9.99. The van der Waals surface area contributed by atoms with Gasteiger partial charge in [0.1, 0.15) is 29.5 Å². The summed E-state index contributed by atoms with van der Waals surface area (Å²) >= 11 is 0. The zero-order chi connectivity index (χ0) is 22.6. The van der Waals surface area contributed by atoms with Crippen molar-refractivity contribution in [2.75, 3.05) is 10.0 Å². The quantitative estimate of drug-likeness (QED) is 0.343.